The Hall–Kier alpha value is -1.85. The molecule has 2 aromatic rings. The molecule has 1 N–H and O–H groups in total. The fourth-order valence-corrected chi connectivity index (χ4v) is 4.01. The maximum Gasteiger partial charge on any atom is 0.175 e. The van der Waals surface area contributed by atoms with Gasteiger partial charge >= 0.3 is 0 Å². The highest BCUT2D eigenvalue weighted by atomic mass is 15.4. The van der Waals surface area contributed by atoms with Gasteiger partial charge in [0.25, 0.3) is 0 Å². The molecule has 5 heteroatoms. The van der Waals surface area contributed by atoms with Crippen molar-refractivity contribution in [3.63, 3.8) is 0 Å². The molecule has 0 bridgehead atoms. The third kappa shape index (κ3) is 2.04. The quantitative estimate of drug-likeness (QED) is 0.856. The lowest BCUT2D eigenvalue weighted by molar-refractivity contribution is 0.367. The SMILES string of the molecule is c1cncc([N+]2(c3cncnc3)CCC3(CCCN3)C2)c1. The summed E-state index contributed by atoms with van der Waals surface area (Å²) >= 11 is 0. The summed E-state index contributed by atoms with van der Waals surface area (Å²) < 4.78 is 0.807. The number of nitrogens with zero attached hydrogens (tertiary/aromatic N) is 4. The summed E-state index contributed by atoms with van der Waals surface area (Å²) in [4.78, 5) is 12.8. The van der Waals surface area contributed by atoms with Gasteiger partial charge < -0.3 is 5.32 Å². The van der Waals surface area contributed by atoms with E-state index in [1.165, 1.54) is 24.9 Å². The van der Waals surface area contributed by atoms with E-state index in [1.54, 1.807) is 6.33 Å². The van der Waals surface area contributed by atoms with Crippen molar-refractivity contribution in [3.05, 3.63) is 43.2 Å². The summed E-state index contributed by atoms with van der Waals surface area (Å²) in [5.74, 6) is 0. The molecular formula is C16H20N5+. The van der Waals surface area contributed by atoms with Gasteiger partial charge in [-0.2, -0.15) is 0 Å². The third-order valence-electron chi connectivity index (χ3n) is 5.06. The summed E-state index contributed by atoms with van der Waals surface area (Å²) in [5.41, 5.74) is 2.67. The molecule has 2 saturated heterocycles. The smallest absolute Gasteiger partial charge is 0.175 e. The molecule has 21 heavy (non-hydrogen) atoms. The topological polar surface area (TPSA) is 50.7 Å². The number of hydrogen-bond donors (Lipinski definition) is 1. The summed E-state index contributed by atoms with van der Waals surface area (Å²) in [5, 5.41) is 3.75. The summed E-state index contributed by atoms with van der Waals surface area (Å²) in [6.45, 7) is 3.27. The van der Waals surface area contributed by atoms with Gasteiger partial charge in [0.05, 0.1) is 30.7 Å². The number of quaternary nitrogens is 1. The first kappa shape index (κ1) is 12.9. The highest BCUT2D eigenvalue weighted by molar-refractivity contribution is 5.57. The first-order chi connectivity index (χ1) is 10.3. The monoisotopic (exact) mass is 282 g/mol. The molecule has 2 aliphatic rings. The van der Waals surface area contributed by atoms with Crippen molar-refractivity contribution >= 4 is 11.4 Å². The number of hydrogen-bond acceptors (Lipinski definition) is 4. The van der Waals surface area contributed by atoms with Crippen LogP contribution in [0.5, 0.6) is 0 Å². The van der Waals surface area contributed by atoms with Crippen LogP contribution in [0.15, 0.2) is 43.2 Å². The van der Waals surface area contributed by atoms with Gasteiger partial charge in [0.1, 0.15) is 12.9 Å². The fraction of sp³-hybridized carbons (Fsp3) is 0.438. The Morgan fingerprint density at radius 3 is 2.62 bits per heavy atom. The van der Waals surface area contributed by atoms with E-state index in [2.05, 4.69) is 26.3 Å². The molecule has 0 radical (unpaired) electrons. The van der Waals surface area contributed by atoms with Crippen molar-refractivity contribution < 1.29 is 0 Å². The van der Waals surface area contributed by atoms with Crippen molar-refractivity contribution in [2.75, 3.05) is 19.6 Å². The fourth-order valence-electron chi connectivity index (χ4n) is 4.01. The van der Waals surface area contributed by atoms with Gasteiger partial charge in [-0.25, -0.2) is 9.97 Å². The van der Waals surface area contributed by atoms with Crippen LogP contribution in [0, 0.1) is 0 Å². The van der Waals surface area contributed by atoms with Gasteiger partial charge in [0.15, 0.2) is 11.4 Å². The third-order valence-corrected chi connectivity index (χ3v) is 5.06. The first-order valence-electron chi connectivity index (χ1n) is 7.61. The van der Waals surface area contributed by atoms with Crippen LogP contribution in [0.25, 0.3) is 0 Å². The summed E-state index contributed by atoms with van der Waals surface area (Å²) in [7, 11) is 0. The minimum Gasteiger partial charge on any atom is -0.306 e. The Labute approximate surface area is 124 Å². The van der Waals surface area contributed by atoms with Gasteiger partial charge in [0, 0.05) is 18.7 Å². The molecule has 5 nitrogen and oxygen atoms in total. The Balaban J connectivity index is 1.81. The highest BCUT2D eigenvalue weighted by Gasteiger charge is 2.52. The number of rotatable bonds is 2. The lowest BCUT2D eigenvalue weighted by Crippen LogP contribution is -2.49. The number of aromatic nitrogens is 3. The molecular weight excluding hydrogens is 262 g/mol. The zero-order chi connectivity index (χ0) is 14.2. The predicted molar refractivity (Wildman–Crippen MR) is 82.0 cm³/mol. The van der Waals surface area contributed by atoms with E-state index in [1.807, 2.05) is 30.9 Å². The molecule has 0 aromatic carbocycles. The molecule has 108 valence electrons. The standard InChI is InChI=1S/C16H20N5/c1-3-14(9-17-6-1)21(15-10-18-13-19-11-15)8-5-16(12-21)4-2-7-20-16/h1,3,6,9-11,13,20H,2,4-5,7-8,12H2/q+1. The summed E-state index contributed by atoms with van der Waals surface area (Å²) in [6.07, 6.45) is 13.1. The zero-order valence-corrected chi connectivity index (χ0v) is 12.1. The molecule has 4 rings (SSSR count). The maximum absolute atomic E-state index is 4.34. The van der Waals surface area contributed by atoms with E-state index in [4.69, 9.17) is 0 Å². The van der Waals surface area contributed by atoms with Crippen molar-refractivity contribution in [1.29, 1.82) is 0 Å². The van der Waals surface area contributed by atoms with Gasteiger partial charge in [-0.3, -0.25) is 9.47 Å². The van der Waals surface area contributed by atoms with Crippen LogP contribution in [-0.2, 0) is 0 Å². The Kier molecular flexibility index (Phi) is 2.97. The van der Waals surface area contributed by atoms with Crippen LogP contribution in [0.4, 0.5) is 11.4 Å². The normalized spacial score (nSPS) is 31.8. The van der Waals surface area contributed by atoms with Crippen LogP contribution >= 0.6 is 0 Å². The van der Waals surface area contributed by atoms with E-state index >= 15 is 0 Å². The van der Waals surface area contributed by atoms with Crippen molar-refractivity contribution in [3.8, 4) is 0 Å². The number of nitrogens with one attached hydrogen (secondary N) is 1. The minimum absolute atomic E-state index is 0.270. The minimum atomic E-state index is 0.270. The largest absolute Gasteiger partial charge is 0.306 e. The molecule has 1 spiro atoms. The van der Waals surface area contributed by atoms with Crippen LogP contribution in [-0.4, -0.2) is 40.1 Å². The van der Waals surface area contributed by atoms with Crippen LogP contribution in [0.1, 0.15) is 19.3 Å². The summed E-state index contributed by atoms with van der Waals surface area (Å²) in [6, 6.07) is 4.19. The number of pyridine rings is 1. The van der Waals surface area contributed by atoms with Gasteiger partial charge in [-0.05, 0) is 25.5 Å². The lowest BCUT2D eigenvalue weighted by atomic mass is 9.97. The molecule has 2 atom stereocenters. The molecule has 4 heterocycles. The van der Waals surface area contributed by atoms with Gasteiger partial charge in [-0.15, -0.1) is 0 Å². The second kappa shape index (κ2) is 4.86. The maximum atomic E-state index is 4.34. The van der Waals surface area contributed by atoms with Crippen molar-refractivity contribution in [2.45, 2.75) is 24.8 Å². The van der Waals surface area contributed by atoms with E-state index in [0.717, 1.165) is 29.8 Å². The van der Waals surface area contributed by atoms with Crippen LogP contribution < -0.4 is 9.80 Å². The van der Waals surface area contributed by atoms with Crippen molar-refractivity contribution in [1.82, 2.24) is 24.8 Å². The molecule has 2 aromatic heterocycles. The average molecular weight is 282 g/mol. The Bertz CT molecular complexity index is 568. The van der Waals surface area contributed by atoms with Crippen LogP contribution in [0.2, 0.25) is 0 Å². The molecule has 2 aliphatic heterocycles. The molecule has 0 aliphatic carbocycles. The van der Waals surface area contributed by atoms with Gasteiger partial charge in [-0.1, -0.05) is 0 Å². The van der Waals surface area contributed by atoms with E-state index in [9.17, 15) is 0 Å². The van der Waals surface area contributed by atoms with Crippen molar-refractivity contribution in [2.24, 2.45) is 0 Å². The molecule has 2 unspecified atom stereocenters. The Morgan fingerprint density at radius 1 is 1.05 bits per heavy atom. The zero-order valence-electron chi connectivity index (χ0n) is 12.1. The lowest BCUT2D eigenvalue weighted by Gasteiger charge is -2.34. The van der Waals surface area contributed by atoms with Crippen LogP contribution in [0.3, 0.4) is 0 Å². The average Bonchev–Trinajstić information content (AvgIpc) is 3.18. The second-order valence-corrected chi connectivity index (χ2v) is 6.22. The van der Waals surface area contributed by atoms with Gasteiger partial charge in [0.2, 0.25) is 0 Å². The highest BCUT2D eigenvalue weighted by Crippen LogP contribution is 2.43. The Morgan fingerprint density at radius 2 is 1.90 bits per heavy atom. The molecule has 0 saturated carbocycles. The molecule has 0 amide bonds. The van der Waals surface area contributed by atoms with E-state index < -0.39 is 0 Å². The first-order valence-corrected chi connectivity index (χ1v) is 7.61. The van der Waals surface area contributed by atoms with E-state index in [-0.39, 0.29) is 5.54 Å². The second-order valence-electron chi connectivity index (χ2n) is 6.22. The van der Waals surface area contributed by atoms with E-state index in [0.29, 0.717) is 0 Å². The molecule has 2 fully saturated rings. The predicted octanol–water partition coefficient (Wildman–Crippen LogP) is 2.04.